The van der Waals surface area contributed by atoms with Gasteiger partial charge in [0.25, 0.3) is 0 Å². The lowest BCUT2D eigenvalue weighted by molar-refractivity contribution is -0.145. The number of thiophene rings is 1. The standard InChI is InChI=1S/C16H16FNO4S/c17-11-3-5-12(6-4-11)22-14(16(20)21)10-18-15(19)8-7-13-2-1-9-23-13/h1-6,9,14H,7-8,10H2,(H,18,19)(H,20,21). The minimum absolute atomic E-state index is 0.157. The molecule has 23 heavy (non-hydrogen) atoms. The lowest BCUT2D eigenvalue weighted by atomic mass is 10.2. The molecule has 0 bridgehead atoms. The summed E-state index contributed by atoms with van der Waals surface area (Å²) in [6, 6.07) is 8.88. The van der Waals surface area contributed by atoms with Crippen LogP contribution in [-0.4, -0.2) is 29.6 Å². The molecule has 1 aromatic heterocycles. The summed E-state index contributed by atoms with van der Waals surface area (Å²) in [6.45, 7) is -0.157. The minimum Gasteiger partial charge on any atom is -0.478 e. The number of benzene rings is 1. The molecule has 2 aromatic rings. The molecule has 7 heteroatoms. The van der Waals surface area contributed by atoms with Crippen molar-refractivity contribution in [2.24, 2.45) is 0 Å². The molecule has 1 atom stereocenters. The quantitative estimate of drug-likeness (QED) is 0.776. The highest BCUT2D eigenvalue weighted by Gasteiger charge is 2.20. The molecule has 0 aliphatic carbocycles. The summed E-state index contributed by atoms with van der Waals surface area (Å²) in [5.41, 5.74) is 0. The zero-order chi connectivity index (χ0) is 16.7. The molecule has 0 aliphatic rings. The average Bonchev–Trinajstić information content (AvgIpc) is 3.04. The van der Waals surface area contributed by atoms with E-state index in [2.05, 4.69) is 5.32 Å². The van der Waals surface area contributed by atoms with E-state index in [1.807, 2.05) is 17.5 Å². The Labute approximate surface area is 136 Å². The Morgan fingerprint density at radius 1 is 1.26 bits per heavy atom. The first-order chi connectivity index (χ1) is 11.0. The van der Waals surface area contributed by atoms with Gasteiger partial charge in [-0.3, -0.25) is 4.79 Å². The average molecular weight is 337 g/mol. The molecule has 0 saturated carbocycles. The fourth-order valence-electron chi connectivity index (χ4n) is 1.84. The molecule has 0 saturated heterocycles. The minimum atomic E-state index is -1.23. The Morgan fingerprint density at radius 2 is 2.00 bits per heavy atom. The number of nitrogens with one attached hydrogen (secondary N) is 1. The molecular formula is C16H16FNO4S. The van der Waals surface area contributed by atoms with Gasteiger partial charge in [-0.2, -0.15) is 0 Å². The van der Waals surface area contributed by atoms with Crippen LogP contribution < -0.4 is 10.1 Å². The van der Waals surface area contributed by atoms with Crippen LogP contribution in [0.5, 0.6) is 5.75 Å². The van der Waals surface area contributed by atoms with Crippen LogP contribution in [0.25, 0.3) is 0 Å². The summed E-state index contributed by atoms with van der Waals surface area (Å²) in [5.74, 6) is -1.65. The summed E-state index contributed by atoms with van der Waals surface area (Å²) in [6.07, 6.45) is -0.338. The maximum absolute atomic E-state index is 12.8. The van der Waals surface area contributed by atoms with Gasteiger partial charge in [0, 0.05) is 11.3 Å². The number of aryl methyl sites for hydroxylation is 1. The maximum Gasteiger partial charge on any atom is 0.346 e. The van der Waals surface area contributed by atoms with Crippen molar-refractivity contribution in [3.63, 3.8) is 0 Å². The van der Waals surface area contributed by atoms with Gasteiger partial charge in [0.2, 0.25) is 12.0 Å². The van der Waals surface area contributed by atoms with Crippen molar-refractivity contribution < 1.29 is 23.8 Å². The van der Waals surface area contributed by atoms with Gasteiger partial charge in [-0.15, -0.1) is 11.3 Å². The topological polar surface area (TPSA) is 75.6 Å². The van der Waals surface area contributed by atoms with Crippen LogP contribution in [0.15, 0.2) is 41.8 Å². The summed E-state index contributed by atoms with van der Waals surface area (Å²) in [4.78, 5) is 24.0. The van der Waals surface area contributed by atoms with Gasteiger partial charge in [0.15, 0.2) is 0 Å². The van der Waals surface area contributed by atoms with Gasteiger partial charge in [0.1, 0.15) is 11.6 Å². The van der Waals surface area contributed by atoms with Crippen molar-refractivity contribution in [2.75, 3.05) is 6.54 Å². The van der Waals surface area contributed by atoms with E-state index in [0.717, 1.165) is 4.88 Å². The molecular weight excluding hydrogens is 321 g/mol. The molecule has 1 aromatic carbocycles. The SMILES string of the molecule is O=C(CCc1cccs1)NCC(Oc1ccc(F)cc1)C(=O)O. The first-order valence-electron chi connectivity index (χ1n) is 6.98. The van der Waals surface area contributed by atoms with Crippen molar-refractivity contribution in [3.05, 3.63) is 52.5 Å². The number of hydrogen-bond donors (Lipinski definition) is 2. The van der Waals surface area contributed by atoms with Crippen molar-refractivity contribution in [3.8, 4) is 5.75 Å². The molecule has 1 amide bonds. The Balaban J connectivity index is 1.80. The van der Waals surface area contributed by atoms with Crippen molar-refractivity contribution in [1.29, 1.82) is 0 Å². The molecule has 1 unspecified atom stereocenters. The third-order valence-corrected chi connectivity index (χ3v) is 3.97. The van der Waals surface area contributed by atoms with Crippen LogP contribution in [0, 0.1) is 5.82 Å². The number of halogens is 1. The summed E-state index contributed by atoms with van der Waals surface area (Å²) >= 11 is 1.57. The number of ether oxygens (including phenoxy) is 1. The van der Waals surface area contributed by atoms with E-state index in [1.54, 1.807) is 11.3 Å². The van der Waals surface area contributed by atoms with E-state index in [0.29, 0.717) is 6.42 Å². The Bertz CT molecular complexity index is 643. The van der Waals surface area contributed by atoms with Crippen LogP contribution in [0.1, 0.15) is 11.3 Å². The highest BCUT2D eigenvalue weighted by atomic mass is 32.1. The largest absolute Gasteiger partial charge is 0.478 e. The van der Waals surface area contributed by atoms with Gasteiger partial charge >= 0.3 is 5.97 Å². The Hall–Kier alpha value is -2.41. The van der Waals surface area contributed by atoms with Crippen LogP contribution in [0.3, 0.4) is 0 Å². The number of carbonyl (C=O) groups excluding carboxylic acids is 1. The molecule has 2 rings (SSSR count). The second-order valence-corrected chi connectivity index (χ2v) is 5.81. The molecule has 1 heterocycles. The van der Waals surface area contributed by atoms with E-state index in [4.69, 9.17) is 9.84 Å². The molecule has 0 radical (unpaired) electrons. The van der Waals surface area contributed by atoms with Gasteiger partial charge in [0.05, 0.1) is 6.54 Å². The van der Waals surface area contributed by atoms with Crippen molar-refractivity contribution in [2.45, 2.75) is 18.9 Å². The van der Waals surface area contributed by atoms with Crippen LogP contribution >= 0.6 is 11.3 Å². The van der Waals surface area contributed by atoms with Crippen LogP contribution in [-0.2, 0) is 16.0 Å². The lowest BCUT2D eigenvalue weighted by Crippen LogP contribution is -2.40. The highest BCUT2D eigenvalue weighted by Crippen LogP contribution is 2.13. The summed E-state index contributed by atoms with van der Waals surface area (Å²) in [7, 11) is 0. The maximum atomic E-state index is 12.8. The van der Waals surface area contributed by atoms with E-state index in [1.165, 1.54) is 24.3 Å². The summed E-state index contributed by atoms with van der Waals surface area (Å²) in [5, 5.41) is 13.6. The highest BCUT2D eigenvalue weighted by molar-refractivity contribution is 7.09. The van der Waals surface area contributed by atoms with Gasteiger partial charge in [-0.05, 0) is 42.1 Å². The number of rotatable bonds is 8. The van der Waals surface area contributed by atoms with E-state index >= 15 is 0 Å². The van der Waals surface area contributed by atoms with Crippen LogP contribution in [0.2, 0.25) is 0 Å². The third kappa shape index (κ3) is 5.71. The number of hydrogen-bond acceptors (Lipinski definition) is 4. The zero-order valence-corrected chi connectivity index (χ0v) is 13.0. The first-order valence-corrected chi connectivity index (χ1v) is 7.86. The number of carboxylic acid groups (broad SMARTS) is 1. The van der Waals surface area contributed by atoms with Crippen molar-refractivity contribution in [1.82, 2.24) is 5.32 Å². The molecule has 0 aliphatic heterocycles. The molecule has 5 nitrogen and oxygen atoms in total. The second-order valence-electron chi connectivity index (χ2n) is 4.78. The first kappa shape index (κ1) is 17.0. The Morgan fingerprint density at radius 3 is 2.61 bits per heavy atom. The number of carbonyl (C=O) groups is 2. The molecule has 122 valence electrons. The fourth-order valence-corrected chi connectivity index (χ4v) is 2.55. The second kappa shape index (κ2) is 8.28. The van der Waals surface area contributed by atoms with E-state index < -0.39 is 17.9 Å². The zero-order valence-electron chi connectivity index (χ0n) is 12.2. The molecule has 2 N–H and O–H groups in total. The fraction of sp³-hybridized carbons (Fsp3) is 0.250. The normalized spacial score (nSPS) is 11.7. The number of carboxylic acids is 1. The number of aliphatic carboxylic acids is 1. The van der Waals surface area contributed by atoms with Gasteiger partial charge in [-0.25, -0.2) is 9.18 Å². The summed E-state index contributed by atoms with van der Waals surface area (Å²) < 4.78 is 18.1. The third-order valence-electron chi connectivity index (χ3n) is 3.03. The number of amides is 1. The van der Waals surface area contributed by atoms with Crippen LogP contribution in [0.4, 0.5) is 4.39 Å². The smallest absolute Gasteiger partial charge is 0.346 e. The Kier molecular flexibility index (Phi) is 6.10. The van der Waals surface area contributed by atoms with E-state index in [9.17, 15) is 14.0 Å². The lowest BCUT2D eigenvalue weighted by Gasteiger charge is -2.15. The van der Waals surface area contributed by atoms with Gasteiger partial charge in [-0.1, -0.05) is 6.07 Å². The molecule has 0 fully saturated rings. The van der Waals surface area contributed by atoms with E-state index in [-0.39, 0.29) is 24.6 Å². The molecule has 0 spiro atoms. The van der Waals surface area contributed by atoms with Gasteiger partial charge < -0.3 is 15.2 Å². The van der Waals surface area contributed by atoms with Crippen molar-refractivity contribution >= 4 is 23.2 Å². The predicted octanol–water partition coefficient (Wildman–Crippen LogP) is 2.47. The predicted molar refractivity (Wildman–Crippen MR) is 84.1 cm³/mol. The monoisotopic (exact) mass is 337 g/mol.